The number of para-hydroxylation sites is 2. The van der Waals surface area contributed by atoms with E-state index < -0.39 is 18.2 Å². The van der Waals surface area contributed by atoms with Crippen molar-refractivity contribution in [2.24, 2.45) is 0 Å². The van der Waals surface area contributed by atoms with E-state index in [0.717, 1.165) is 17.5 Å². The van der Waals surface area contributed by atoms with Gasteiger partial charge in [0, 0.05) is 17.1 Å². The van der Waals surface area contributed by atoms with Crippen LogP contribution in [0.2, 0.25) is 5.02 Å². The molecule has 29 heavy (non-hydrogen) atoms. The van der Waals surface area contributed by atoms with Crippen LogP contribution in [0.3, 0.4) is 0 Å². The molecule has 150 valence electrons. The minimum absolute atomic E-state index is 0.122. The molecule has 1 amide bonds. The number of ketones is 1. The average molecular weight is 413 g/mol. The molecule has 4 rings (SSSR count). The summed E-state index contributed by atoms with van der Waals surface area (Å²) in [7, 11) is 0. The van der Waals surface area contributed by atoms with Gasteiger partial charge in [0.25, 0.3) is 5.91 Å². The van der Waals surface area contributed by atoms with E-state index in [0.29, 0.717) is 29.4 Å². The Morgan fingerprint density at radius 1 is 1.24 bits per heavy atom. The Labute approximate surface area is 172 Å². The molecule has 1 saturated heterocycles. The lowest BCUT2D eigenvalue weighted by atomic mass is 10.0. The van der Waals surface area contributed by atoms with Gasteiger partial charge in [-0.1, -0.05) is 23.7 Å². The third kappa shape index (κ3) is 4.17. The number of benzene rings is 2. The zero-order chi connectivity index (χ0) is 20.4. The number of aliphatic hydroxyl groups is 1. The minimum atomic E-state index is -1.40. The number of aliphatic hydroxyl groups excluding tert-OH is 1. The van der Waals surface area contributed by atoms with Crippen LogP contribution in [-0.4, -0.2) is 50.5 Å². The molecule has 2 atom stereocenters. The van der Waals surface area contributed by atoms with Gasteiger partial charge in [-0.05, 0) is 49.2 Å². The number of hydrogen-bond acceptors (Lipinski definition) is 5. The second-order valence-corrected chi connectivity index (χ2v) is 7.50. The zero-order valence-electron chi connectivity index (χ0n) is 15.6. The van der Waals surface area contributed by atoms with Crippen molar-refractivity contribution < 1.29 is 14.7 Å². The smallest absolute Gasteiger partial charge is 0.264 e. The number of H-pyrrole nitrogens is 1. The normalized spacial score (nSPS) is 18.1. The van der Waals surface area contributed by atoms with Gasteiger partial charge >= 0.3 is 0 Å². The van der Waals surface area contributed by atoms with Crippen molar-refractivity contribution in [2.75, 3.05) is 6.54 Å². The van der Waals surface area contributed by atoms with E-state index in [-0.39, 0.29) is 12.3 Å². The third-order valence-electron chi connectivity index (χ3n) is 5.14. The maximum atomic E-state index is 12.8. The van der Waals surface area contributed by atoms with Crippen molar-refractivity contribution in [3.8, 4) is 0 Å². The Morgan fingerprint density at radius 3 is 2.76 bits per heavy atom. The maximum absolute atomic E-state index is 12.8. The zero-order valence-corrected chi connectivity index (χ0v) is 16.4. The number of hydrogen-bond donors (Lipinski definition) is 3. The molecule has 1 aliphatic heterocycles. The summed E-state index contributed by atoms with van der Waals surface area (Å²) in [5, 5.41) is 13.8. The van der Waals surface area contributed by atoms with Gasteiger partial charge in [-0.3, -0.25) is 14.5 Å². The molecule has 8 heteroatoms. The van der Waals surface area contributed by atoms with Crippen molar-refractivity contribution >= 4 is 34.3 Å². The van der Waals surface area contributed by atoms with Crippen LogP contribution in [0, 0.1) is 0 Å². The van der Waals surface area contributed by atoms with Crippen LogP contribution in [0.5, 0.6) is 0 Å². The number of rotatable bonds is 6. The van der Waals surface area contributed by atoms with Crippen molar-refractivity contribution in [1.29, 1.82) is 0 Å². The minimum Gasteiger partial charge on any atom is -0.370 e. The predicted octanol–water partition coefficient (Wildman–Crippen LogP) is 2.50. The van der Waals surface area contributed by atoms with Gasteiger partial charge in [-0.25, -0.2) is 4.98 Å². The molecule has 0 spiro atoms. The van der Waals surface area contributed by atoms with Crippen molar-refractivity contribution in [1.82, 2.24) is 20.2 Å². The topological polar surface area (TPSA) is 98.3 Å². The number of fused-ring (bicyclic) bond motifs is 1. The summed E-state index contributed by atoms with van der Waals surface area (Å²) in [5.41, 5.74) is 2.21. The van der Waals surface area contributed by atoms with Gasteiger partial charge < -0.3 is 15.4 Å². The van der Waals surface area contributed by atoms with E-state index in [1.54, 1.807) is 29.2 Å². The molecule has 0 saturated carbocycles. The lowest BCUT2D eigenvalue weighted by molar-refractivity contribution is -0.139. The van der Waals surface area contributed by atoms with Gasteiger partial charge in [0.1, 0.15) is 5.82 Å². The summed E-state index contributed by atoms with van der Waals surface area (Å²) in [6, 6.07) is 13.7. The fourth-order valence-corrected chi connectivity index (χ4v) is 3.80. The molecule has 1 fully saturated rings. The molecule has 3 aromatic rings. The number of halogens is 1. The van der Waals surface area contributed by atoms with Gasteiger partial charge in [-0.2, -0.15) is 0 Å². The highest BCUT2D eigenvalue weighted by Crippen LogP contribution is 2.24. The van der Waals surface area contributed by atoms with E-state index in [4.69, 9.17) is 11.6 Å². The highest BCUT2D eigenvalue weighted by atomic mass is 35.5. The van der Waals surface area contributed by atoms with Crippen molar-refractivity contribution in [3.05, 3.63) is 64.9 Å². The van der Waals surface area contributed by atoms with Gasteiger partial charge in [0.05, 0.1) is 23.6 Å². The second-order valence-electron chi connectivity index (χ2n) is 7.06. The number of aromatic nitrogens is 2. The molecule has 2 heterocycles. The molecular weight excluding hydrogens is 392 g/mol. The molecule has 2 unspecified atom stereocenters. The Kier molecular flexibility index (Phi) is 5.62. The Bertz CT molecular complexity index is 1000. The Hall–Kier alpha value is -2.74. The lowest BCUT2D eigenvalue weighted by Gasteiger charge is -2.27. The number of amides is 1. The maximum Gasteiger partial charge on any atom is 0.264 e. The largest absolute Gasteiger partial charge is 0.370 e. The first-order valence-corrected chi connectivity index (χ1v) is 9.85. The summed E-state index contributed by atoms with van der Waals surface area (Å²) in [6.45, 7) is 0.636. The van der Waals surface area contributed by atoms with Crippen molar-refractivity contribution in [3.63, 3.8) is 0 Å². The van der Waals surface area contributed by atoms with Gasteiger partial charge in [-0.15, -0.1) is 0 Å². The Balaban J connectivity index is 1.40. The van der Waals surface area contributed by atoms with E-state index in [9.17, 15) is 14.7 Å². The molecule has 1 aromatic heterocycles. The van der Waals surface area contributed by atoms with Crippen LogP contribution >= 0.6 is 11.6 Å². The predicted molar refractivity (Wildman–Crippen MR) is 109 cm³/mol. The highest BCUT2D eigenvalue weighted by Gasteiger charge is 2.37. The first-order valence-electron chi connectivity index (χ1n) is 9.48. The standard InChI is InChI=1S/C21H21ClN4O3/c22-14-9-7-13(8-10-14)19(27)17-6-3-11-26(17)21(29)20(28)23-12-18-24-15-4-1-2-5-16(15)25-18/h1-2,4-5,7-10,17,21,29H,3,6,11-12H2,(H,23,28)(H,24,25). The van der Waals surface area contributed by atoms with E-state index >= 15 is 0 Å². The molecular formula is C21H21ClN4O3. The molecule has 1 aliphatic rings. The highest BCUT2D eigenvalue weighted by molar-refractivity contribution is 6.30. The first-order chi connectivity index (χ1) is 14.0. The Morgan fingerprint density at radius 2 is 2.00 bits per heavy atom. The number of nitrogens with zero attached hydrogens (tertiary/aromatic N) is 2. The van der Waals surface area contributed by atoms with Crippen LogP contribution in [-0.2, 0) is 11.3 Å². The van der Waals surface area contributed by atoms with Gasteiger partial charge in [0.15, 0.2) is 12.0 Å². The number of likely N-dealkylation sites (tertiary alicyclic amines) is 1. The number of Topliss-reactive ketones (excluding diaryl/α,β-unsaturated/α-hetero) is 1. The number of carbonyl (C=O) groups is 2. The quantitative estimate of drug-likeness (QED) is 0.540. The van der Waals surface area contributed by atoms with Gasteiger partial charge in [0.2, 0.25) is 0 Å². The second kappa shape index (κ2) is 8.32. The van der Waals surface area contributed by atoms with Crippen LogP contribution in [0.15, 0.2) is 48.5 Å². The monoisotopic (exact) mass is 412 g/mol. The number of aromatic amines is 1. The summed E-state index contributed by atoms with van der Waals surface area (Å²) < 4.78 is 0. The average Bonchev–Trinajstić information content (AvgIpc) is 3.38. The summed E-state index contributed by atoms with van der Waals surface area (Å²) in [6.07, 6.45) is -0.0732. The van der Waals surface area contributed by atoms with E-state index in [1.807, 2.05) is 24.3 Å². The van der Waals surface area contributed by atoms with Crippen LogP contribution in [0.25, 0.3) is 11.0 Å². The fraction of sp³-hybridized carbons (Fsp3) is 0.286. The van der Waals surface area contributed by atoms with Crippen LogP contribution in [0.1, 0.15) is 29.0 Å². The van der Waals surface area contributed by atoms with E-state index in [2.05, 4.69) is 15.3 Å². The molecule has 2 aromatic carbocycles. The van der Waals surface area contributed by atoms with E-state index in [1.165, 1.54) is 0 Å². The lowest BCUT2D eigenvalue weighted by Crippen LogP contribution is -2.50. The summed E-state index contributed by atoms with van der Waals surface area (Å²) in [5.74, 6) is -0.0773. The molecule has 3 N–H and O–H groups in total. The molecule has 7 nitrogen and oxygen atoms in total. The number of imidazole rings is 1. The fourth-order valence-electron chi connectivity index (χ4n) is 3.67. The van der Waals surface area contributed by atoms with Crippen LogP contribution < -0.4 is 5.32 Å². The summed E-state index contributed by atoms with van der Waals surface area (Å²) >= 11 is 5.89. The number of carbonyl (C=O) groups excluding carboxylic acids is 2. The molecule has 0 aliphatic carbocycles. The van der Waals surface area contributed by atoms with Crippen molar-refractivity contribution in [2.45, 2.75) is 31.7 Å². The SMILES string of the molecule is O=C(NCc1nc2ccccc2[nH]1)C(O)N1CCCC1C(=O)c1ccc(Cl)cc1. The number of nitrogens with one attached hydrogen (secondary N) is 2. The third-order valence-corrected chi connectivity index (χ3v) is 5.39. The molecule has 0 radical (unpaired) electrons. The molecule has 0 bridgehead atoms. The summed E-state index contributed by atoms with van der Waals surface area (Å²) in [4.78, 5) is 34.4. The first kappa shape index (κ1) is 19.6. The van der Waals surface area contributed by atoms with Crippen LogP contribution in [0.4, 0.5) is 0 Å².